The largest absolute Gasteiger partial charge is 0.378 e. The molecule has 16 heavy (non-hydrogen) atoms. The minimum absolute atomic E-state index is 0.149. The van der Waals surface area contributed by atoms with Crippen LogP contribution in [0.4, 0.5) is 0 Å². The van der Waals surface area contributed by atoms with Gasteiger partial charge in [0.05, 0.1) is 6.10 Å². The Morgan fingerprint density at radius 1 is 1.44 bits per heavy atom. The molecule has 0 aromatic carbocycles. The molecule has 1 heterocycles. The summed E-state index contributed by atoms with van der Waals surface area (Å²) in [4.78, 5) is 0. The second-order valence-corrected chi connectivity index (χ2v) is 5.92. The summed E-state index contributed by atoms with van der Waals surface area (Å²) in [6, 6.07) is 0. The molecule has 0 aromatic heterocycles. The third-order valence-electron chi connectivity index (χ3n) is 4.10. The molecule has 1 saturated heterocycles. The lowest BCUT2D eigenvalue weighted by atomic mass is 9.83. The molecular weight excluding hydrogens is 200 g/mol. The molecule has 3 nitrogen and oxygen atoms in total. The van der Waals surface area contributed by atoms with E-state index >= 15 is 0 Å². The highest BCUT2D eigenvalue weighted by Crippen LogP contribution is 2.31. The second kappa shape index (κ2) is 5.03. The van der Waals surface area contributed by atoms with E-state index in [2.05, 4.69) is 19.2 Å². The molecule has 2 fully saturated rings. The van der Waals surface area contributed by atoms with E-state index < -0.39 is 0 Å². The van der Waals surface area contributed by atoms with Crippen molar-refractivity contribution >= 4 is 0 Å². The standard InChI is InChI=1S/C13H26N2O/c1-10(2)12-7-13(9-14,5-6-16-12)15-8-11-3-4-11/h10-12,15H,3-9,14H2,1-2H3. The molecule has 1 aliphatic carbocycles. The minimum atomic E-state index is 0.149. The minimum Gasteiger partial charge on any atom is -0.378 e. The van der Waals surface area contributed by atoms with Crippen LogP contribution in [0.5, 0.6) is 0 Å². The maximum atomic E-state index is 5.99. The molecule has 2 unspecified atom stereocenters. The summed E-state index contributed by atoms with van der Waals surface area (Å²) >= 11 is 0. The maximum Gasteiger partial charge on any atom is 0.0616 e. The SMILES string of the molecule is CC(C)C1CC(CN)(NCC2CC2)CCO1. The van der Waals surface area contributed by atoms with Crippen LogP contribution in [-0.2, 0) is 4.74 Å². The van der Waals surface area contributed by atoms with Crippen LogP contribution < -0.4 is 11.1 Å². The van der Waals surface area contributed by atoms with Crippen molar-refractivity contribution in [2.45, 2.75) is 51.2 Å². The summed E-state index contributed by atoms with van der Waals surface area (Å²) in [7, 11) is 0. The fraction of sp³-hybridized carbons (Fsp3) is 1.00. The van der Waals surface area contributed by atoms with Crippen LogP contribution in [0.15, 0.2) is 0 Å². The molecular formula is C13H26N2O. The molecule has 0 aromatic rings. The average molecular weight is 226 g/mol. The Labute approximate surface area is 99.1 Å². The first kappa shape index (κ1) is 12.3. The first-order valence-electron chi connectivity index (χ1n) is 6.72. The molecule has 1 aliphatic heterocycles. The molecule has 3 N–H and O–H groups in total. The van der Waals surface area contributed by atoms with E-state index in [0.717, 1.165) is 38.5 Å². The molecule has 0 radical (unpaired) electrons. The summed E-state index contributed by atoms with van der Waals surface area (Å²) in [5.74, 6) is 1.51. The van der Waals surface area contributed by atoms with Crippen molar-refractivity contribution in [3.05, 3.63) is 0 Å². The van der Waals surface area contributed by atoms with E-state index in [1.807, 2.05) is 0 Å². The first-order chi connectivity index (χ1) is 7.65. The molecule has 2 aliphatic rings. The van der Waals surface area contributed by atoms with Gasteiger partial charge in [0.15, 0.2) is 0 Å². The van der Waals surface area contributed by atoms with Crippen molar-refractivity contribution in [2.75, 3.05) is 19.7 Å². The van der Waals surface area contributed by atoms with Crippen LogP contribution in [0.3, 0.4) is 0 Å². The topological polar surface area (TPSA) is 47.3 Å². The van der Waals surface area contributed by atoms with Crippen LogP contribution in [-0.4, -0.2) is 31.3 Å². The zero-order valence-electron chi connectivity index (χ0n) is 10.7. The van der Waals surface area contributed by atoms with Crippen LogP contribution >= 0.6 is 0 Å². The Morgan fingerprint density at radius 3 is 2.75 bits per heavy atom. The van der Waals surface area contributed by atoms with E-state index in [1.54, 1.807) is 0 Å². The number of hydrogen-bond acceptors (Lipinski definition) is 3. The third-order valence-corrected chi connectivity index (χ3v) is 4.10. The molecule has 1 saturated carbocycles. The fourth-order valence-corrected chi connectivity index (χ4v) is 2.48. The predicted molar refractivity (Wildman–Crippen MR) is 66.3 cm³/mol. The lowest BCUT2D eigenvalue weighted by molar-refractivity contribution is -0.0494. The zero-order valence-corrected chi connectivity index (χ0v) is 10.7. The maximum absolute atomic E-state index is 5.99. The van der Waals surface area contributed by atoms with Gasteiger partial charge in [-0.3, -0.25) is 0 Å². The van der Waals surface area contributed by atoms with E-state index in [4.69, 9.17) is 10.5 Å². The summed E-state index contributed by atoms with van der Waals surface area (Å²) in [6.07, 6.45) is 5.33. The van der Waals surface area contributed by atoms with Gasteiger partial charge in [0.25, 0.3) is 0 Å². The number of nitrogens with two attached hydrogens (primary N) is 1. The van der Waals surface area contributed by atoms with Crippen LogP contribution in [0.25, 0.3) is 0 Å². The molecule has 94 valence electrons. The number of nitrogens with one attached hydrogen (secondary N) is 1. The molecule has 3 heteroatoms. The van der Waals surface area contributed by atoms with Gasteiger partial charge in [-0.15, -0.1) is 0 Å². The normalized spacial score (nSPS) is 35.6. The van der Waals surface area contributed by atoms with Gasteiger partial charge in [-0.25, -0.2) is 0 Å². The first-order valence-corrected chi connectivity index (χ1v) is 6.72. The molecule has 0 bridgehead atoms. The summed E-state index contributed by atoms with van der Waals surface area (Å²) in [5.41, 5.74) is 6.14. The lowest BCUT2D eigenvalue weighted by Gasteiger charge is -2.42. The second-order valence-electron chi connectivity index (χ2n) is 5.92. The molecule has 2 atom stereocenters. The van der Waals surface area contributed by atoms with Gasteiger partial charge in [-0.2, -0.15) is 0 Å². The molecule has 0 amide bonds. The summed E-state index contributed by atoms with van der Waals surface area (Å²) in [5, 5.41) is 3.73. The number of rotatable bonds is 5. The van der Waals surface area contributed by atoms with Gasteiger partial charge in [0.2, 0.25) is 0 Å². The Morgan fingerprint density at radius 2 is 2.19 bits per heavy atom. The fourth-order valence-electron chi connectivity index (χ4n) is 2.48. The van der Waals surface area contributed by atoms with Gasteiger partial charge in [-0.05, 0) is 44.1 Å². The van der Waals surface area contributed by atoms with Crippen LogP contribution in [0, 0.1) is 11.8 Å². The smallest absolute Gasteiger partial charge is 0.0616 e. The van der Waals surface area contributed by atoms with E-state index in [-0.39, 0.29) is 5.54 Å². The summed E-state index contributed by atoms with van der Waals surface area (Å²) in [6.45, 7) is 7.22. The Bertz CT molecular complexity index is 228. The Hall–Kier alpha value is -0.120. The van der Waals surface area contributed by atoms with Crippen LogP contribution in [0.2, 0.25) is 0 Å². The highest BCUT2D eigenvalue weighted by atomic mass is 16.5. The number of ether oxygens (including phenoxy) is 1. The van der Waals surface area contributed by atoms with Gasteiger partial charge in [0, 0.05) is 18.7 Å². The van der Waals surface area contributed by atoms with Crippen LogP contribution in [0.1, 0.15) is 39.5 Å². The van der Waals surface area contributed by atoms with Gasteiger partial charge in [0.1, 0.15) is 0 Å². The summed E-state index contributed by atoms with van der Waals surface area (Å²) < 4.78 is 5.82. The van der Waals surface area contributed by atoms with Crippen molar-refractivity contribution in [3.63, 3.8) is 0 Å². The van der Waals surface area contributed by atoms with E-state index in [9.17, 15) is 0 Å². The van der Waals surface area contributed by atoms with E-state index in [0.29, 0.717) is 12.0 Å². The van der Waals surface area contributed by atoms with Gasteiger partial charge < -0.3 is 15.8 Å². The highest BCUT2D eigenvalue weighted by Gasteiger charge is 2.37. The molecule has 2 rings (SSSR count). The van der Waals surface area contributed by atoms with Crippen molar-refractivity contribution in [1.29, 1.82) is 0 Å². The third kappa shape index (κ3) is 2.96. The van der Waals surface area contributed by atoms with Crippen molar-refractivity contribution in [1.82, 2.24) is 5.32 Å². The number of hydrogen-bond donors (Lipinski definition) is 2. The van der Waals surface area contributed by atoms with Crippen molar-refractivity contribution in [2.24, 2.45) is 17.6 Å². The van der Waals surface area contributed by atoms with Crippen molar-refractivity contribution < 1.29 is 4.74 Å². The lowest BCUT2D eigenvalue weighted by Crippen LogP contribution is -2.57. The Balaban J connectivity index is 1.89. The Kier molecular flexibility index (Phi) is 3.88. The van der Waals surface area contributed by atoms with Gasteiger partial charge in [-0.1, -0.05) is 13.8 Å². The van der Waals surface area contributed by atoms with Crippen molar-refractivity contribution in [3.8, 4) is 0 Å². The molecule has 0 spiro atoms. The monoisotopic (exact) mass is 226 g/mol. The zero-order chi connectivity index (χ0) is 11.6. The quantitative estimate of drug-likeness (QED) is 0.747. The van der Waals surface area contributed by atoms with E-state index in [1.165, 1.54) is 12.8 Å². The average Bonchev–Trinajstić information content (AvgIpc) is 3.10. The van der Waals surface area contributed by atoms with Gasteiger partial charge >= 0.3 is 0 Å². The highest BCUT2D eigenvalue weighted by molar-refractivity contribution is 4.96. The predicted octanol–water partition coefficient (Wildman–Crippen LogP) is 1.52.